The summed E-state index contributed by atoms with van der Waals surface area (Å²) in [6, 6.07) is 12.0. The normalized spacial score (nSPS) is 11.1. The van der Waals surface area contributed by atoms with Crippen molar-refractivity contribution in [1.29, 1.82) is 0 Å². The molecule has 0 aliphatic carbocycles. The number of nitrogens with one attached hydrogen (secondary N) is 1. The van der Waals surface area contributed by atoms with Crippen LogP contribution in [0, 0.1) is 0 Å². The van der Waals surface area contributed by atoms with E-state index in [1.54, 1.807) is 11.8 Å². The molecule has 0 amide bonds. The highest BCUT2D eigenvalue weighted by molar-refractivity contribution is 7.99. The van der Waals surface area contributed by atoms with E-state index in [1.807, 2.05) is 36.4 Å². The van der Waals surface area contributed by atoms with Crippen molar-refractivity contribution in [3.8, 4) is 0 Å². The highest BCUT2D eigenvalue weighted by atomic mass is 35.5. The molecule has 1 nitrogen and oxygen atoms in total. The summed E-state index contributed by atoms with van der Waals surface area (Å²) in [6.45, 7) is 5.02. The summed E-state index contributed by atoms with van der Waals surface area (Å²) >= 11 is 19.8. The van der Waals surface area contributed by atoms with Crippen LogP contribution in [0.1, 0.15) is 19.4 Å². The summed E-state index contributed by atoms with van der Waals surface area (Å²) in [6.07, 6.45) is 0. The fourth-order valence-corrected chi connectivity index (χ4v) is 3.29. The number of hydrogen-bond donors (Lipinski definition) is 1. The van der Waals surface area contributed by atoms with Crippen molar-refractivity contribution in [2.75, 3.05) is 0 Å². The fraction of sp³-hybridized carbons (Fsp3) is 0.250. The molecule has 2 aromatic carbocycles. The Hall–Kier alpha value is -0.380. The number of halogens is 3. The van der Waals surface area contributed by atoms with E-state index in [0.29, 0.717) is 16.1 Å². The Balaban J connectivity index is 2.23. The second-order valence-electron chi connectivity index (χ2n) is 4.97. The molecule has 0 aliphatic rings. The average molecular weight is 361 g/mol. The van der Waals surface area contributed by atoms with Gasteiger partial charge in [-0.3, -0.25) is 0 Å². The standard InChI is InChI=1S/C16H16Cl3NS/c1-10(2)20-9-11-7-12(17)3-6-16(11)21-13-4-5-14(18)15(19)8-13/h3-8,10,20H,9H2,1-2H3. The molecule has 1 N–H and O–H groups in total. The van der Waals surface area contributed by atoms with E-state index in [0.717, 1.165) is 21.4 Å². The van der Waals surface area contributed by atoms with Crippen molar-refractivity contribution in [1.82, 2.24) is 5.32 Å². The zero-order valence-corrected chi connectivity index (χ0v) is 14.9. The van der Waals surface area contributed by atoms with E-state index in [-0.39, 0.29) is 0 Å². The van der Waals surface area contributed by atoms with Gasteiger partial charge in [0.25, 0.3) is 0 Å². The molecule has 0 fully saturated rings. The molecule has 2 rings (SSSR count). The lowest BCUT2D eigenvalue weighted by molar-refractivity contribution is 0.585. The Bertz CT molecular complexity index is 629. The van der Waals surface area contributed by atoms with Crippen LogP contribution in [0.25, 0.3) is 0 Å². The lowest BCUT2D eigenvalue weighted by Gasteiger charge is -2.13. The Morgan fingerprint density at radius 3 is 2.43 bits per heavy atom. The van der Waals surface area contributed by atoms with Gasteiger partial charge in [0.1, 0.15) is 0 Å². The highest BCUT2D eigenvalue weighted by Crippen LogP contribution is 2.35. The lowest BCUT2D eigenvalue weighted by atomic mass is 10.2. The smallest absolute Gasteiger partial charge is 0.0603 e. The first-order valence-electron chi connectivity index (χ1n) is 6.60. The Morgan fingerprint density at radius 1 is 1.00 bits per heavy atom. The van der Waals surface area contributed by atoms with E-state index in [9.17, 15) is 0 Å². The molecule has 0 heterocycles. The van der Waals surface area contributed by atoms with Gasteiger partial charge in [0, 0.05) is 27.4 Å². The van der Waals surface area contributed by atoms with Crippen molar-refractivity contribution in [3.63, 3.8) is 0 Å². The van der Waals surface area contributed by atoms with Crippen molar-refractivity contribution in [2.45, 2.75) is 36.2 Å². The SMILES string of the molecule is CC(C)NCc1cc(Cl)ccc1Sc1ccc(Cl)c(Cl)c1. The van der Waals surface area contributed by atoms with Gasteiger partial charge < -0.3 is 5.32 Å². The van der Waals surface area contributed by atoms with Crippen LogP contribution in [-0.4, -0.2) is 6.04 Å². The van der Waals surface area contributed by atoms with Crippen LogP contribution in [0.3, 0.4) is 0 Å². The molecule has 21 heavy (non-hydrogen) atoms. The molecule has 5 heteroatoms. The van der Waals surface area contributed by atoms with Gasteiger partial charge in [-0.25, -0.2) is 0 Å². The summed E-state index contributed by atoms with van der Waals surface area (Å²) in [5, 5.41) is 5.30. The molecule has 0 spiro atoms. The van der Waals surface area contributed by atoms with Crippen molar-refractivity contribution in [2.24, 2.45) is 0 Å². The predicted octanol–water partition coefficient (Wildman–Crippen LogP) is 6.30. The number of benzene rings is 2. The van der Waals surface area contributed by atoms with Gasteiger partial charge in [-0.1, -0.05) is 60.4 Å². The van der Waals surface area contributed by atoms with Crippen LogP contribution in [-0.2, 0) is 6.54 Å². The summed E-state index contributed by atoms with van der Waals surface area (Å²) in [7, 11) is 0. The zero-order chi connectivity index (χ0) is 15.4. The fourth-order valence-electron chi connectivity index (χ4n) is 1.77. The average Bonchev–Trinajstić information content (AvgIpc) is 2.43. The van der Waals surface area contributed by atoms with E-state index in [1.165, 1.54) is 5.56 Å². The monoisotopic (exact) mass is 359 g/mol. The molecule has 0 unspecified atom stereocenters. The van der Waals surface area contributed by atoms with Gasteiger partial charge in [0.15, 0.2) is 0 Å². The Kier molecular flexibility index (Phi) is 6.27. The zero-order valence-electron chi connectivity index (χ0n) is 11.8. The molecular formula is C16H16Cl3NS. The summed E-state index contributed by atoms with van der Waals surface area (Å²) in [5.41, 5.74) is 1.17. The third kappa shape index (κ3) is 5.08. The van der Waals surface area contributed by atoms with Crippen LogP contribution >= 0.6 is 46.6 Å². The van der Waals surface area contributed by atoms with E-state index < -0.39 is 0 Å². The van der Waals surface area contributed by atoms with Gasteiger partial charge in [0.2, 0.25) is 0 Å². The summed E-state index contributed by atoms with van der Waals surface area (Å²) in [5.74, 6) is 0. The quantitative estimate of drug-likeness (QED) is 0.672. The first-order valence-corrected chi connectivity index (χ1v) is 8.55. The molecule has 112 valence electrons. The summed E-state index contributed by atoms with van der Waals surface area (Å²) < 4.78 is 0. The minimum Gasteiger partial charge on any atom is -0.310 e. The molecule has 0 bridgehead atoms. The maximum absolute atomic E-state index is 6.11. The molecule has 0 radical (unpaired) electrons. The minimum atomic E-state index is 0.423. The Labute approximate surface area is 145 Å². The Morgan fingerprint density at radius 2 is 1.76 bits per heavy atom. The molecule has 0 saturated heterocycles. The van der Waals surface area contributed by atoms with E-state index in [4.69, 9.17) is 34.8 Å². The highest BCUT2D eigenvalue weighted by Gasteiger charge is 2.08. The third-order valence-corrected chi connectivity index (χ3v) is 4.92. The van der Waals surface area contributed by atoms with Gasteiger partial charge >= 0.3 is 0 Å². The molecule has 2 aromatic rings. The molecular weight excluding hydrogens is 345 g/mol. The first-order chi connectivity index (χ1) is 9.95. The second kappa shape index (κ2) is 7.75. The van der Waals surface area contributed by atoms with Crippen molar-refractivity contribution in [3.05, 3.63) is 57.0 Å². The summed E-state index contributed by atoms with van der Waals surface area (Å²) in [4.78, 5) is 2.21. The van der Waals surface area contributed by atoms with Crippen LogP contribution < -0.4 is 5.32 Å². The minimum absolute atomic E-state index is 0.423. The number of hydrogen-bond acceptors (Lipinski definition) is 2. The topological polar surface area (TPSA) is 12.0 Å². The number of rotatable bonds is 5. The molecule has 0 atom stereocenters. The van der Waals surface area contributed by atoms with Crippen LogP contribution in [0.15, 0.2) is 46.2 Å². The second-order valence-corrected chi connectivity index (χ2v) is 7.33. The van der Waals surface area contributed by atoms with Gasteiger partial charge in [-0.15, -0.1) is 0 Å². The maximum atomic E-state index is 6.11. The van der Waals surface area contributed by atoms with Crippen molar-refractivity contribution < 1.29 is 0 Å². The van der Waals surface area contributed by atoms with Gasteiger partial charge in [-0.2, -0.15) is 0 Å². The van der Waals surface area contributed by atoms with Crippen LogP contribution in [0.2, 0.25) is 15.1 Å². The van der Waals surface area contributed by atoms with Gasteiger partial charge in [0.05, 0.1) is 10.0 Å². The largest absolute Gasteiger partial charge is 0.310 e. The van der Waals surface area contributed by atoms with Crippen LogP contribution in [0.5, 0.6) is 0 Å². The molecule has 0 aromatic heterocycles. The maximum Gasteiger partial charge on any atom is 0.0603 e. The van der Waals surface area contributed by atoms with E-state index in [2.05, 4.69) is 19.2 Å². The molecule has 0 aliphatic heterocycles. The lowest BCUT2D eigenvalue weighted by Crippen LogP contribution is -2.22. The third-order valence-electron chi connectivity index (χ3n) is 2.84. The van der Waals surface area contributed by atoms with Crippen LogP contribution in [0.4, 0.5) is 0 Å². The molecule has 0 saturated carbocycles. The first kappa shape index (κ1) is 17.0. The van der Waals surface area contributed by atoms with E-state index >= 15 is 0 Å². The predicted molar refractivity (Wildman–Crippen MR) is 94.0 cm³/mol. The van der Waals surface area contributed by atoms with Gasteiger partial charge in [-0.05, 0) is 42.0 Å². The van der Waals surface area contributed by atoms with Crippen molar-refractivity contribution >= 4 is 46.6 Å².